The van der Waals surface area contributed by atoms with E-state index in [-0.39, 0.29) is 11.4 Å². The van der Waals surface area contributed by atoms with Gasteiger partial charge in [-0.1, -0.05) is 0 Å². The van der Waals surface area contributed by atoms with Crippen LogP contribution in [0.15, 0.2) is 22.9 Å². The molecule has 3 N–H and O–H groups in total. The molecule has 2 aromatic rings. The van der Waals surface area contributed by atoms with Crippen LogP contribution in [-0.4, -0.2) is 25.8 Å². The fraction of sp³-hybridized carbons (Fsp3) is 0.100. The molecule has 2 heterocycles. The van der Waals surface area contributed by atoms with Gasteiger partial charge in [-0.2, -0.15) is 5.10 Å². The zero-order valence-electron chi connectivity index (χ0n) is 8.88. The van der Waals surface area contributed by atoms with Gasteiger partial charge < -0.3 is 10.8 Å². The van der Waals surface area contributed by atoms with Crippen molar-refractivity contribution in [3.8, 4) is 5.82 Å². The summed E-state index contributed by atoms with van der Waals surface area (Å²) < 4.78 is 2.09. The van der Waals surface area contributed by atoms with E-state index in [0.717, 1.165) is 10.0 Å². The molecule has 0 bridgehead atoms. The molecule has 0 aliphatic rings. The maximum absolute atomic E-state index is 10.8. The van der Waals surface area contributed by atoms with Gasteiger partial charge in [0.1, 0.15) is 0 Å². The van der Waals surface area contributed by atoms with Crippen molar-refractivity contribution in [2.24, 2.45) is 0 Å². The Kier molecular flexibility index (Phi) is 2.84. The maximum Gasteiger partial charge on any atom is 0.358 e. The lowest BCUT2D eigenvalue weighted by Crippen LogP contribution is -2.04. The first-order valence-electron chi connectivity index (χ1n) is 4.70. The van der Waals surface area contributed by atoms with Gasteiger partial charge in [0, 0.05) is 6.20 Å². The highest BCUT2D eigenvalue weighted by Crippen LogP contribution is 2.23. The number of anilines is 1. The molecule has 0 aliphatic heterocycles. The molecule has 0 spiro atoms. The lowest BCUT2D eigenvalue weighted by molar-refractivity contribution is 0.0691. The van der Waals surface area contributed by atoms with E-state index in [4.69, 9.17) is 10.8 Å². The number of aromatic carboxylic acids is 1. The molecule has 0 radical (unpaired) electrons. The van der Waals surface area contributed by atoms with Crippen LogP contribution in [0.3, 0.4) is 0 Å². The van der Waals surface area contributed by atoms with Gasteiger partial charge in [0.25, 0.3) is 0 Å². The third kappa shape index (κ3) is 2.01. The van der Waals surface area contributed by atoms with Gasteiger partial charge in [-0.3, -0.25) is 0 Å². The van der Waals surface area contributed by atoms with E-state index in [2.05, 4.69) is 26.0 Å². The quantitative estimate of drug-likeness (QED) is 0.878. The molecule has 0 amide bonds. The summed E-state index contributed by atoms with van der Waals surface area (Å²) in [6.45, 7) is 1.90. The first kappa shape index (κ1) is 11.6. The summed E-state index contributed by atoms with van der Waals surface area (Å²) >= 11 is 3.38. The fourth-order valence-corrected chi connectivity index (χ4v) is 1.76. The summed E-state index contributed by atoms with van der Waals surface area (Å²) in [7, 11) is 0. The van der Waals surface area contributed by atoms with Gasteiger partial charge >= 0.3 is 5.97 Å². The molecule has 0 saturated carbocycles. The highest BCUT2D eigenvalue weighted by Gasteiger charge is 2.16. The van der Waals surface area contributed by atoms with Crippen molar-refractivity contribution in [1.29, 1.82) is 0 Å². The number of rotatable bonds is 2. The first-order chi connectivity index (χ1) is 8.00. The molecule has 0 aliphatic carbocycles. The standard InChI is InChI=1S/C10H9BrN4O2/c1-5-2-3-13-9(7(5)11)15-4-6(12)8(14-15)10(16)17/h2-4H,12H2,1H3,(H,16,17). The predicted molar refractivity (Wildman–Crippen MR) is 65.2 cm³/mol. The van der Waals surface area contributed by atoms with Crippen molar-refractivity contribution in [1.82, 2.24) is 14.8 Å². The van der Waals surface area contributed by atoms with Gasteiger partial charge in [-0.05, 0) is 34.5 Å². The van der Waals surface area contributed by atoms with E-state index in [1.165, 1.54) is 10.9 Å². The number of pyridine rings is 1. The summed E-state index contributed by atoms with van der Waals surface area (Å²) in [6, 6.07) is 1.83. The molecule has 0 unspecified atom stereocenters. The van der Waals surface area contributed by atoms with Gasteiger partial charge in [0.15, 0.2) is 11.5 Å². The summed E-state index contributed by atoms with van der Waals surface area (Å²) in [4.78, 5) is 15.0. The number of hydrogen-bond donors (Lipinski definition) is 2. The van der Waals surface area contributed by atoms with Crippen molar-refractivity contribution < 1.29 is 9.90 Å². The molecule has 2 aromatic heterocycles. The first-order valence-corrected chi connectivity index (χ1v) is 5.50. The lowest BCUT2D eigenvalue weighted by atomic mass is 10.3. The Balaban J connectivity index is 2.58. The Bertz CT molecular complexity index is 594. The third-order valence-electron chi connectivity index (χ3n) is 2.23. The molecule has 0 saturated heterocycles. The molecule has 17 heavy (non-hydrogen) atoms. The average Bonchev–Trinajstić information content (AvgIpc) is 2.64. The highest BCUT2D eigenvalue weighted by atomic mass is 79.9. The second-order valence-corrected chi connectivity index (χ2v) is 4.24. The maximum atomic E-state index is 10.8. The molecule has 6 nitrogen and oxygen atoms in total. The molecular weight excluding hydrogens is 288 g/mol. The van der Waals surface area contributed by atoms with E-state index >= 15 is 0 Å². The number of carboxylic acids is 1. The zero-order chi connectivity index (χ0) is 12.6. The minimum atomic E-state index is -1.16. The Morgan fingerprint density at radius 1 is 1.59 bits per heavy atom. The molecule has 0 fully saturated rings. The Morgan fingerprint density at radius 2 is 2.29 bits per heavy atom. The Hall–Kier alpha value is -1.89. The monoisotopic (exact) mass is 296 g/mol. The summed E-state index contributed by atoms with van der Waals surface area (Å²) in [5.41, 5.74) is 6.46. The van der Waals surface area contributed by atoms with E-state index < -0.39 is 5.97 Å². The predicted octanol–water partition coefficient (Wildman–Crippen LogP) is 1.62. The van der Waals surface area contributed by atoms with Crippen LogP contribution in [0.1, 0.15) is 16.1 Å². The third-order valence-corrected chi connectivity index (χ3v) is 3.21. The molecule has 0 aromatic carbocycles. The number of halogens is 1. The number of nitrogens with two attached hydrogens (primary N) is 1. The van der Waals surface area contributed by atoms with E-state index in [1.54, 1.807) is 6.20 Å². The van der Waals surface area contributed by atoms with Crippen LogP contribution in [0.4, 0.5) is 5.69 Å². The van der Waals surface area contributed by atoms with Crippen LogP contribution in [0, 0.1) is 6.92 Å². The number of hydrogen-bond acceptors (Lipinski definition) is 4. The van der Waals surface area contributed by atoms with Crippen LogP contribution < -0.4 is 5.73 Å². The van der Waals surface area contributed by atoms with E-state index in [1.807, 2.05) is 13.0 Å². The normalized spacial score (nSPS) is 10.5. The largest absolute Gasteiger partial charge is 0.476 e. The summed E-state index contributed by atoms with van der Waals surface area (Å²) in [5.74, 6) is -0.658. The van der Waals surface area contributed by atoms with Crippen LogP contribution in [0.25, 0.3) is 5.82 Å². The number of carboxylic acid groups (broad SMARTS) is 1. The summed E-state index contributed by atoms with van der Waals surface area (Å²) in [6.07, 6.45) is 3.05. The Morgan fingerprint density at radius 3 is 2.88 bits per heavy atom. The number of nitrogen functional groups attached to an aromatic ring is 1. The topological polar surface area (TPSA) is 94.0 Å². The summed E-state index contributed by atoms with van der Waals surface area (Å²) in [5, 5.41) is 12.7. The van der Waals surface area contributed by atoms with Crippen LogP contribution in [-0.2, 0) is 0 Å². The minimum Gasteiger partial charge on any atom is -0.476 e. The SMILES string of the molecule is Cc1ccnc(-n2cc(N)c(C(=O)O)n2)c1Br. The lowest BCUT2D eigenvalue weighted by Gasteiger charge is -2.04. The number of nitrogens with zero attached hydrogens (tertiary/aromatic N) is 3. The van der Waals surface area contributed by atoms with Gasteiger partial charge in [0.2, 0.25) is 0 Å². The van der Waals surface area contributed by atoms with Crippen LogP contribution in [0.5, 0.6) is 0 Å². The molecule has 88 valence electrons. The van der Waals surface area contributed by atoms with Crippen molar-refractivity contribution in [2.75, 3.05) is 5.73 Å². The van der Waals surface area contributed by atoms with Gasteiger partial charge in [0.05, 0.1) is 16.4 Å². The van der Waals surface area contributed by atoms with Crippen LogP contribution >= 0.6 is 15.9 Å². The molecule has 2 rings (SSSR count). The smallest absolute Gasteiger partial charge is 0.358 e. The fourth-order valence-electron chi connectivity index (χ4n) is 1.35. The van der Waals surface area contributed by atoms with Crippen molar-refractivity contribution in [3.63, 3.8) is 0 Å². The van der Waals surface area contributed by atoms with Gasteiger partial charge in [-0.15, -0.1) is 0 Å². The number of carbonyl (C=O) groups is 1. The van der Waals surface area contributed by atoms with Gasteiger partial charge in [-0.25, -0.2) is 14.5 Å². The zero-order valence-corrected chi connectivity index (χ0v) is 10.5. The van der Waals surface area contributed by atoms with Crippen molar-refractivity contribution in [2.45, 2.75) is 6.92 Å². The highest BCUT2D eigenvalue weighted by molar-refractivity contribution is 9.10. The molecular formula is C10H9BrN4O2. The van der Waals surface area contributed by atoms with E-state index in [9.17, 15) is 4.79 Å². The van der Waals surface area contributed by atoms with Crippen molar-refractivity contribution >= 4 is 27.6 Å². The average molecular weight is 297 g/mol. The van der Waals surface area contributed by atoms with Crippen LogP contribution in [0.2, 0.25) is 0 Å². The second-order valence-electron chi connectivity index (χ2n) is 3.45. The number of aromatic nitrogens is 3. The minimum absolute atomic E-state index is 0.104. The number of aryl methyl sites for hydroxylation is 1. The second kappa shape index (κ2) is 4.17. The molecule has 7 heteroatoms. The molecule has 0 atom stereocenters. The van der Waals surface area contributed by atoms with E-state index in [0.29, 0.717) is 5.82 Å². The Labute approximate surface area is 105 Å². The van der Waals surface area contributed by atoms with Crippen molar-refractivity contribution in [3.05, 3.63) is 34.2 Å².